The molecule has 0 atom stereocenters. The molecular formula is C15H14N2O2S. The third kappa shape index (κ3) is 2.72. The van der Waals surface area contributed by atoms with E-state index in [0.29, 0.717) is 11.1 Å². The molecule has 2 N–H and O–H groups in total. The average Bonchev–Trinajstić information content (AvgIpc) is 2.85. The van der Waals surface area contributed by atoms with Crippen molar-refractivity contribution < 1.29 is 4.42 Å². The number of aromatic amines is 1. The van der Waals surface area contributed by atoms with E-state index in [9.17, 15) is 4.79 Å². The summed E-state index contributed by atoms with van der Waals surface area (Å²) in [6, 6.07) is 14.0. The van der Waals surface area contributed by atoms with Gasteiger partial charge in [-0.15, -0.1) is 11.8 Å². The van der Waals surface area contributed by atoms with Crippen LogP contribution in [0.15, 0.2) is 56.6 Å². The Bertz CT molecular complexity index is 774. The summed E-state index contributed by atoms with van der Waals surface area (Å²) in [4.78, 5) is 15.0. The number of anilines is 1. The molecule has 4 nitrogen and oxygen atoms in total. The van der Waals surface area contributed by atoms with Crippen molar-refractivity contribution >= 4 is 28.5 Å². The van der Waals surface area contributed by atoms with Crippen LogP contribution in [0.1, 0.15) is 5.56 Å². The fraction of sp³-hybridized carbons (Fsp3) is 0.133. The highest BCUT2D eigenvalue weighted by atomic mass is 32.2. The number of hydrogen-bond acceptors (Lipinski definition) is 4. The maximum atomic E-state index is 11.1. The predicted octanol–water partition coefficient (Wildman–Crippen LogP) is 3.46. The smallest absolute Gasteiger partial charge is 0.408 e. The summed E-state index contributed by atoms with van der Waals surface area (Å²) in [7, 11) is 0. The molecule has 0 aliphatic rings. The minimum absolute atomic E-state index is 0.426. The van der Waals surface area contributed by atoms with Gasteiger partial charge in [0.25, 0.3) is 0 Å². The minimum atomic E-state index is -0.426. The van der Waals surface area contributed by atoms with Crippen LogP contribution in [-0.4, -0.2) is 11.2 Å². The molecule has 0 bridgehead atoms. The van der Waals surface area contributed by atoms with E-state index in [1.165, 1.54) is 10.5 Å². The van der Waals surface area contributed by atoms with Crippen LogP contribution >= 0.6 is 11.8 Å². The predicted molar refractivity (Wildman–Crippen MR) is 82.4 cm³/mol. The fourth-order valence-electron chi connectivity index (χ4n) is 2.01. The lowest BCUT2D eigenvalue weighted by atomic mass is 10.2. The van der Waals surface area contributed by atoms with Gasteiger partial charge in [-0.1, -0.05) is 12.1 Å². The number of rotatable bonds is 4. The molecule has 3 rings (SSSR count). The van der Waals surface area contributed by atoms with Crippen LogP contribution in [-0.2, 0) is 6.54 Å². The summed E-state index contributed by atoms with van der Waals surface area (Å²) in [5, 5.41) is 3.33. The second kappa shape index (κ2) is 5.46. The van der Waals surface area contributed by atoms with Gasteiger partial charge >= 0.3 is 5.76 Å². The van der Waals surface area contributed by atoms with Crippen molar-refractivity contribution in [3.8, 4) is 0 Å². The molecule has 0 amide bonds. The van der Waals surface area contributed by atoms with Crippen LogP contribution in [0.4, 0.5) is 5.69 Å². The van der Waals surface area contributed by atoms with Crippen LogP contribution < -0.4 is 11.1 Å². The van der Waals surface area contributed by atoms with Crippen molar-refractivity contribution in [3.05, 3.63) is 58.6 Å². The Balaban J connectivity index is 1.73. The topological polar surface area (TPSA) is 58.0 Å². The molecule has 102 valence electrons. The molecule has 0 radical (unpaired) electrons. The third-order valence-electron chi connectivity index (χ3n) is 3.07. The molecule has 0 unspecified atom stereocenters. The SMILES string of the molecule is CSc1ccc(CNc2ccc3oc(=O)[nH]c3c2)cc1. The van der Waals surface area contributed by atoms with Gasteiger partial charge in [-0.3, -0.25) is 4.98 Å². The molecule has 0 saturated heterocycles. The van der Waals surface area contributed by atoms with E-state index in [0.717, 1.165) is 12.2 Å². The van der Waals surface area contributed by atoms with E-state index in [4.69, 9.17) is 4.42 Å². The standard InChI is InChI=1S/C15H14N2O2S/c1-20-12-5-2-10(3-6-12)9-16-11-4-7-14-13(8-11)17-15(18)19-14/h2-8,16H,9H2,1H3,(H,17,18). The first-order valence-electron chi connectivity index (χ1n) is 6.24. The lowest BCUT2D eigenvalue weighted by Gasteiger charge is -2.07. The van der Waals surface area contributed by atoms with Crippen molar-refractivity contribution in [2.45, 2.75) is 11.4 Å². The largest absolute Gasteiger partial charge is 0.417 e. The summed E-state index contributed by atoms with van der Waals surface area (Å²) < 4.78 is 4.97. The number of oxazole rings is 1. The van der Waals surface area contributed by atoms with Crippen molar-refractivity contribution in [1.82, 2.24) is 4.98 Å². The fourth-order valence-corrected chi connectivity index (χ4v) is 2.42. The molecule has 0 aliphatic carbocycles. The van der Waals surface area contributed by atoms with Gasteiger partial charge in [0.2, 0.25) is 0 Å². The molecule has 0 aliphatic heterocycles. The van der Waals surface area contributed by atoms with E-state index in [1.54, 1.807) is 17.8 Å². The lowest BCUT2D eigenvalue weighted by molar-refractivity contribution is 0.555. The first-order chi connectivity index (χ1) is 9.74. The molecule has 0 saturated carbocycles. The normalized spacial score (nSPS) is 10.8. The number of nitrogens with one attached hydrogen (secondary N) is 2. The Labute approximate surface area is 120 Å². The quantitative estimate of drug-likeness (QED) is 0.721. The number of benzene rings is 2. The lowest BCUT2D eigenvalue weighted by Crippen LogP contribution is -1.99. The third-order valence-corrected chi connectivity index (χ3v) is 3.82. The van der Waals surface area contributed by atoms with Gasteiger partial charge in [0.1, 0.15) is 0 Å². The maximum absolute atomic E-state index is 11.1. The van der Waals surface area contributed by atoms with Crippen LogP contribution in [0.3, 0.4) is 0 Å². The first kappa shape index (κ1) is 12.9. The zero-order valence-electron chi connectivity index (χ0n) is 11.0. The molecule has 1 heterocycles. The molecule has 3 aromatic rings. The van der Waals surface area contributed by atoms with Crippen LogP contribution in [0, 0.1) is 0 Å². The van der Waals surface area contributed by atoms with Gasteiger partial charge < -0.3 is 9.73 Å². The average molecular weight is 286 g/mol. The molecule has 0 fully saturated rings. The monoisotopic (exact) mass is 286 g/mol. The summed E-state index contributed by atoms with van der Waals surface area (Å²) >= 11 is 1.73. The van der Waals surface area contributed by atoms with E-state index in [-0.39, 0.29) is 0 Å². The van der Waals surface area contributed by atoms with Crippen LogP contribution in [0.5, 0.6) is 0 Å². The van der Waals surface area contributed by atoms with E-state index in [1.807, 2.05) is 12.1 Å². The summed E-state index contributed by atoms with van der Waals surface area (Å²) in [6.45, 7) is 0.738. The zero-order chi connectivity index (χ0) is 13.9. The van der Waals surface area contributed by atoms with Gasteiger partial charge in [0.15, 0.2) is 5.58 Å². The Morgan fingerprint density at radius 2 is 2.00 bits per heavy atom. The van der Waals surface area contributed by atoms with Gasteiger partial charge in [-0.2, -0.15) is 0 Å². The van der Waals surface area contributed by atoms with Crippen molar-refractivity contribution in [1.29, 1.82) is 0 Å². The number of thioether (sulfide) groups is 1. The van der Waals surface area contributed by atoms with Gasteiger partial charge in [-0.25, -0.2) is 4.79 Å². The summed E-state index contributed by atoms with van der Waals surface area (Å²) in [6.07, 6.45) is 2.06. The van der Waals surface area contributed by atoms with Gasteiger partial charge in [-0.05, 0) is 42.2 Å². The van der Waals surface area contributed by atoms with Crippen LogP contribution in [0.2, 0.25) is 0 Å². The second-order valence-electron chi connectivity index (χ2n) is 4.43. The van der Waals surface area contributed by atoms with E-state index >= 15 is 0 Å². The van der Waals surface area contributed by atoms with Crippen molar-refractivity contribution in [3.63, 3.8) is 0 Å². The van der Waals surface area contributed by atoms with E-state index in [2.05, 4.69) is 40.8 Å². The number of aromatic nitrogens is 1. The van der Waals surface area contributed by atoms with E-state index < -0.39 is 5.76 Å². The number of H-pyrrole nitrogens is 1. The molecule has 1 aromatic heterocycles. The highest BCUT2D eigenvalue weighted by molar-refractivity contribution is 7.98. The van der Waals surface area contributed by atoms with Crippen molar-refractivity contribution in [2.75, 3.05) is 11.6 Å². The molecule has 2 aromatic carbocycles. The van der Waals surface area contributed by atoms with Gasteiger partial charge in [0.05, 0.1) is 5.52 Å². The molecule has 20 heavy (non-hydrogen) atoms. The Morgan fingerprint density at radius 3 is 2.75 bits per heavy atom. The molecular weight excluding hydrogens is 272 g/mol. The maximum Gasteiger partial charge on any atom is 0.417 e. The summed E-state index contributed by atoms with van der Waals surface area (Å²) in [5.41, 5.74) is 3.44. The number of hydrogen-bond donors (Lipinski definition) is 2. The minimum Gasteiger partial charge on any atom is -0.408 e. The highest BCUT2D eigenvalue weighted by Gasteiger charge is 2.02. The zero-order valence-corrected chi connectivity index (χ0v) is 11.8. The van der Waals surface area contributed by atoms with Crippen LogP contribution in [0.25, 0.3) is 11.1 Å². The Hall–Kier alpha value is -2.14. The molecule has 5 heteroatoms. The second-order valence-corrected chi connectivity index (χ2v) is 5.31. The van der Waals surface area contributed by atoms with Gasteiger partial charge in [0, 0.05) is 17.1 Å². The highest BCUT2D eigenvalue weighted by Crippen LogP contribution is 2.18. The summed E-state index contributed by atoms with van der Waals surface area (Å²) in [5.74, 6) is -0.426. The number of fused-ring (bicyclic) bond motifs is 1. The Morgan fingerprint density at radius 1 is 1.20 bits per heavy atom. The molecule has 0 spiro atoms. The Kier molecular flexibility index (Phi) is 3.52. The first-order valence-corrected chi connectivity index (χ1v) is 7.47. The van der Waals surface area contributed by atoms with Crippen molar-refractivity contribution in [2.24, 2.45) is 0 Å².